The Morgan fingerprint density at radius 1 is 1.63 bits per heavy atom. The van der Waals surface area contributed by atoms with Crippen LogP contribution in [-0.4, -0.2) is 40.1 Å². The lowest BCUT2D eigenvalue weighted by molar-refractivity contribution is -0.147. The smallest absolute Gasteiger partial charge is 0.329 e. The summed E-state index contributed by atoms with van der Waals surface area (Å²) in [6.07, 6.45) is 2.97. The number of hydrogen-bond donors (Lipinski definition) is 2. The number of hydrogen-bond acceptors (Lipinski definition) is 5. The van der Waals surface area contributed by atoms with Crippen LogP contribution in [0.1, 0.15) is 19.9 Å². The van der Waals surface area contributed by atoms with Crippen molar-refractivity contribution in [2.75, 3.05) is 12.4 Å². The summed E-state index contributed by atoms with van der Waals surface area (Å²) in [5.41, 5.74) is 0. The third-order valence-corrected chi connectivity index (χ3v) is 2.98. The number of aromatic nitrogens is 2. The van der Waals surface area contributed by atoms with E-state index >= 15 is 0 Å². The second-order valence-corrected chi connectivity index (χ2v) is 4.61. The van der Waals surface area contributed by atoms with Gasteiger partial charge >= 0.3 is 5.97 Å². The zero-order valence-electron chi connectivity index (χ0n) is 10.7. The van der Waals surface area contributed by atoms with Gasteiger partial charge in [0.25, 0.3) is 0 Å². The van der Waals surface area contributed by atoms with E-state index in [9.17, 15) is 9.59 Å². The van der Waals surface area contributed by atoms with Crippen LogP contribution in [0, 0.1) is 0 Å². The molecule has 0 bridgehead atoms. The minimum atomic E-state index is -0.774. The molecule has 0 aromatic carbocycles. The van der Waals surface area contributed by atoms with Gasteiger partial charge in [-0.3, -0.25) is 9.48 Å². The van der Waals surface area contributed by atoms with E-state index in [0.717, 1.165) is 0 Å². The summed E-state index contributed by atoms with van der Waals surface area (Å²) < 4.78 is 6.25. The topological polar surface area (TPSA) is 73.2 Å². The van der Waals surface area contributed by atoms with E-state index in [2.05, 4.69) is 23.0 Å². The predicted octanol–water partition coefficient (Wildman–Crippen LogP) is 1.08. The summed E-state index contributed by atoms with van der Waals surface area (Å²) >= 11 is 9.76. The van der Waals surface area contributed by atoms with Crippen LogP contribution in [0.25, 0.3) is 0 Å². The minimum absolute atomic E-state index is 0.164. The quantitative estimate of drug-likeness (QED) is 0.609. The second kappa shape index (κ2) is 7.40. The van der Waals surface area contributed by atoms with E-state index in [-0.39, 0.29) is 18.3 Å². The molecule has 6 nitrogen and oxygen atoms in total. The summed E-state index contributed by atoms with van der Waals surface area (Å²) in [5.74, 6) is -0.694. The standard InChI is InChI=1S/C11H16ClN3O3S/c1-3-18-11(17)9(6-19)14-10(16)7(2)15-5-8(12)4-13-15/h4-5,7,9,19H,3,6H2,1-2H3,(H,14,16)/t7?,9-/m0/s1. The average molecular weight is 306 g/mol. The fourth-order valence-electron chi connectivity index (χ4n) is 1.36. The van der Waals surface area contributed by atoms with E-state index in [0.29, 0.717) is 5.02 Å². The van der Waals surface area contributed by atoms with E-state index in [1.165, 1.54) is 17.1 Å². The molecule has 1 amide bonds. The fourth-order valence-corrected chi connectivity index (χ4v) is 1.75. The first-order valence-corrected chi connectivity index (χ1v) is 6.78. The van der Waals surface area contributed by atoms with Crippen LogP contribution in [-0.2, 0) is 14.3 Å². The molecule has 0 saturated heterocycles. The summed E-state index contributed by atoms with van der Waals surface area (Å²) in [5, 5.41) is 6.95. The number of carbonyl (C=O) groups is 2. The van der Waals surface area contributed by atoms with Crippen molar-refractivity contribution in [3.05, 3.63) is 17.4 Å². The van der Waals surface area contributed by atoms with Gasteiger partial charge in [0.05, 0.1) is 17.8 Å². The molecule has 0 aliphatic heterocycles. The van der Waals surface area contributed by atoms with Crippen molar-refractivity contribution in [1.82, 2.24) is 15.1 Å². The molecule has 1 aromatic heterocycles. The Morgan fingerprint density at radius 3 is 2.79 bits per heavy atom. The highest BCUT2D eigenvalue weighted by atomic mass is 35.5. The van der Waals surface area contributed by atoms with Crippen LogP contribution in [0.15, 0.2) is 12.4 Å². The molecule has 8 heteroatoms. The van der Waals surface area contributed by atoms with Crippen LogP contribution in [0.3, 0.4) is 0 Å². The summed E-state index contributed by atoms with van der Waals surface area (Å²) in [6, 6.07) is -1.35. The molecule has 1 aromatic rings. The van der Waals surface area contributed by atoms with Crippen molar-refractivity contribution < 1.29 is 14.3 Å². The lowest BCUT2D eigenvalue weighted by Gasteiger charge is -2.18. The third-order valence-electron chi connectivity index (χ3n) is 2.42. The molecule has 19 heavy (non-hydrogen) atoms. The van der Waals surface area contributed by atoms with Crippen molar-refractivity contribution in [2.24, 2.45) is 0 Å². The number of ether oxygens (including phenoxy) is 1. The number of carbonyl (C=O) groups excluding carboxylic acids is 2. The van der Waals surface area contributed by atoms with Crippen molar-refractivity contribution >= 4 is 36.1 Å². The molecule has 0 saturated carbocycles. The first-order chi connectivity index (χ1) is 8.99. The third kappa shape index (κ3) is 4.43. The Labute approximate surface area is 121 Å². The molecule has 1 unspecified atom stereocenters. The van der Waals surface area contributed by atoms with Gasteiger partial charge in [-0.1, -0.05) is 11.6 Å². The molecule has 1 heterocycles. The molecular formula is C11H16ClN3O3S. The number of esters is 1. The minimum Gasteiger partial charge on any atom is -0.464 e. The molecule has 0 aliphatic carbocycles. The lowest BCUT2D eigenvalue weighted by Crippen LogP contribution is -2.45. The Morgan fingerprint density at radius 2 is 2.32 bits per heavy atom. The number of halogens is 1. The fraction of sp³-hybridized carbons (Fsp3) is 0.545. The molecule has 1 N–H and O–H groups in total. The first-order valence-electron chi connectivity index (χ1n) is 5.77. The normalized spacial score (nSPS) is 13.7. The predicted molar refractivity (Wildman–Crippen MR) is 74.4 cm³/mol. The molecular weight excluding hydrogens is 290 g/mol. The molecule has 0 radical (unpaired) electrons. The molecule has 2 atom stereocenters. The van der Waals surface area contributed by atoms with Gasteiger partial charge in [-0.25, -0.2) is 4.79 Å². The maximum absolute atomic E-state index is 12.0. The van der Waals surface area contributed by atoms with Gasteiger partial charge in [-0.15, -0.1) is 0 Å². The number of amides is 1. The first kappa shape index (κ1) is 15.8. The van der Waals surface area contributed by atoms with Gasteiger partial charge in [-0.2, -0.15) is 17.7 Å². The van der Waals surface area contributed by atoms with E-state index in [1.54, 1.807) is 13.8 Å². The highest BCUT2D eigenvalue weighted by Gasteiger charge is 2.24. The maximum Gasteiger partial charge on any atom is 0.329 e. The van der Waals surface area contributed by atoms with Crippen molar-refractivity contribution in [2.45, 2.75) is 25.9 Å². The van der Waals surface area contributed by atoms with Crippen LogP contribution < -0.4 is 5.32 Å². The number of nitrogens with one attached hydrogen (secondary N) is 1. The Bertz CT molecular complexity index is 452. The van der Waals surface area contributed by atoms with Crippen LogP contribution in [0.2, 0.25) is 5.02 Å². The molecule has 0 spiro atoms. The maximum atomic E-state index is 12.0. The van der Waals surface area contributed by atoms with E-state index in [1.807, 2.05) is 0 Å². The Hall–Kier alpha value is -1.21. The Kier molecular flexibility index (Phi) is 6.17. The molecule has 0 fully saturated rings. The van der Waals surface area contributed by atoms with Crippen molar-refractivity contribution in [3.63, 3.8) is 0 Å². The summed E-state index contributed by atoms with van der Waals surface area (Å²) in [4.78, 5) is 23.5. The molecule has 1 rings (SSSR count). The van der Waals surface area contributed by atoms with E-state index in [4.69, 9.17) is 16.3 Å². The highest BCUT2D eigenvalue weighted by Crippen LogP contribution is 2.11. The van der Waals surface area contributed by atoms with Gasteiger partial charge in [0.15, 0.2) is 0 Å². The number of thiol groups is 1. The number of nitrogens with zero attached hydrogens (tertiary/aromatic N) is 2. The van der Waals surface area contributed by atoms with Gasteiger partial charge in [0.1, 0.15) is 12.1 Å². The van der Waals surface area contributed by atoms with Crippen molar-refractivity contribution in [1.29, 1.82) is 0 Å². The van der Waals surface area contributed by atoms with Crippen LogP contribution >= 0.6 is 24.2 Å². The Balaban J connectivity index is 2.64. The van der Waals surface area contributed by atoms with Gasteiger partial charge < -0.3 is 10.1 Å². The van der Waals surface area contributed by atoms with Crippen LogP contribution in [0.5, 0.6) is 0 Å². The van der Waals surface area contributed by atoms with Gasteiger partial charge in [0.2, 0.25) is 5.91 Å². The summed E-state index contributed by atoms with van der Waals surface area (Å²) in [6.45, 7) is 3.60. The molecule has 0 aliphatic rings. The monoisotopic (exact) mass is 305 g/mol. The number of rotatable bonds is 6. The second-order valence-electron chi connectivity index (χ2n) is 3.81. The zero-order chi connectivity index (χ0) is 14.4. The largest absolute Gasteiger partial charge is 0.464 e. The van der Waals surface area contributed by atoms with Gasteiger partial charge in [-0.05, 0) is 13.8 Å². The highest BCUT2D eigenvalue weighted by molar-refractivity contribution is 7.80. The van der Waals surface area contributed by atoms with Crippen molar-refractivity contribution in [3.8, 4) is 0 Å². The SMILES string of the molecule is CCOC(=O)[C@H](CS)NC(=O)C(C)n1cc(Cl)cn1. The van der Waals surface area contributed by atoms with E-state index < -0.39 is 18.1 Å². The zero-order valence-corrected chi connectivity index (χ0v) is 12.3. The average Bonchev–Trinajstić information content (AvgIpc) is 2.81. The van der Waals surface area contributed by atoms with Crippen LogP contribution in [0.4, 0.5) is 0 Å². The van der Waals surface area contributed by atoms with Gasteiger partial charge in [0, 0.05) is 11.9 Å². The molecule has 106 valence electrons. The summed E-state index contributed by atoms with van der Waals surface area (Å²) in [7, 11) is 0. The lowest BCUT2D eigenvalue weighted by atomic mass is 10.2.